The largest absolute Gasteiger partial charge is 0.298 e. The smallest absolute Gasteiger partial charge is 0.156 e. The minimum absolute atomic E-state index is 0.515. The van der Waals surface area contributed by atoms with Gasteiger partial charge < -0.3 is 0 Å². The summed E-state index contributed by atoms with van der Waals surface area (Å²) in [5.74, 6) is 0. The van der Waals surface area contributed by atoms with E-state index in [-0.39, 0.29) is 0 Å². The summed E-state index contributed by atoms with van der Waals surface area (Å²) in [6.45, 7) is 0. The van der Waals surface area contributed by atoms with E-state index in [0.29, 0.717) is 20.7 Å². The molecule has 0 spiro atoms. The lowest BCUT2D eigenvalue weighted by Gasteiger charge is -2.05. The zero-order chi connectivity index (χ0) is 12.7. The summed E-state index contributed by atoms with van der Waals surface area (Å²) in [4.78, 5) is 4.29. The molecule has 0 unspecified atom stereocenters. The van der Waals surface area contributed by atoms with Gasteiger partial charge >= 0.3 is 0 Å². The van der Waals surface area contributed by atoms with Crippen molar-refractivity contribution in [3.05, 3.63) is 57.8 Å². The highest BCUT2D eigenvalue weighted by Gasteiger charge is 2.12. The average Bonchev–Trinajstić information content (AvgIpc) is 2.78. The van der Waals surface area contributed by atoms with Gasteiger partial charge in [0.2, 0.25) is 0 Å². The Hall–Kier alpha value is -1.22. The highest BCUT2D eigenvalue weighted by Crippen LogP contribution is 2.34. The molecule has 0 aliphatic carbocycles. The van der Waals surface area contributed by atoms with E-state index in [2.05, 4.69) is 4.98 Å². The first-order valence-corrected chi connectivity index (χ1v) is 6.38. The molecule has 3 aromatic rings. The number of fused-ring (bicyclic) bond motifs is 1. The summed E-state index contributed by atoms with van der Waals surface area (Å²) >= 11 is 18.3. The molecule has 18 heavy (non-hydrogen) atoms. The molecule has 90 valence electrons. The van der Waals surface area contributed by atoms with Crippen LogP contribution in [0.15, 0.2) is 42.7 Å². The predicted octanol–water partition coefficient (Wildman–Crippen LogP) is 4.96. The van der Waals surface area contributed by atoms with Crippen LogP contribution in [0.4, 0.5) is 0 Å². The highest BCUT2D eigenvalue weighted by molar-refractivity contribution is 6.43. The lowest BCUT2D eigenvalue weighted by atomic mass is 10.1. The number of hydrogen-bond donors (Lipinski definition) is 0. The molecule has 2 aromatic heterocycles. The maximum atomic E-state index is 6.22. The van der Waals surface area contributed by atoms with Gasteiger partial charge in [0.05, 0.1) is 27.0 Å². The predicted molar refractivity (Wildman–Crippen MR) is 75.7 cm³/mol. The Balaban J connectivity index is 2.33. The molecular formula is C13H7Cl3N2. The molecule has 0 fully saturated rings. The number of hydrogen-bond acceptors (Lipinski definition) is 1. The van der Waals surface area contributed by atoms with Crippen molar-refractivity contribution in [2.75, 3.05) is 0 Å². The Kier molecular flexibility index (Phi) is 2.94. The summed E-state index contributed by atoms with van der Waals surface area (Å²) in [5.41, 5.74) is 2.39. The zero-order valence-electron chi connectivity index (χ0n) is 9.07. The lowest BCUT2D eigenvalue weighted by Crippen LogP contribution is -1.89. The van der Waals surface area contributed by atoms with Gasteiger partial charge in [-0.3, -0.25) is 4.40 Å². The lowest BCUT2D eigenvalue weighted by molar-refractivity contribution is 1.19. The topological polar surface area (TPSA) is 17.3 Å². The second-order valence-corrected chi connectivity index (χ2v) is 4.99. The Morgan fingerprint density at radius 3 is 2.56 bits per heavy atom. The molecular weight excluding hydrogens is 291 g/mol. The Morgan fingerprint density at radius 2 is 1.72 bits per heavy atom. The molecule has 0 N–H and O–H groups in total. The summed E-state index contributed by atoms with van der Waals surface area (Å²) in [7, 11) is 0. The van der Waals surface area contributed by atoms with Crippen LogP contribution in [-0.4, -0.2) is 9.38 Å². The monoisotopic (exact) mass is 296 g/mol. The Bertz CT molecular complexity index is 734. The van der Waals surface area contributed by atoms with Crippen molar-refractivity contribution >= 4 is 40.4 Å². The van der Waals surface area contributed by atoms with Gasteiger partial charge in [-0.15, -0.1) is 0 Å². The van der Waals surface area contributed by atoms with Crippen LogP contribution in [0.5, 0.6) is 0 Å². The van der Waals surface area contributed by atoms with Gasteiger partial charge in [0.15, 0.2) is 5.65 Å². The molecule has 0 atom stereocenters. The molecule has 5 heteroatoms. The second kappa shape index (κ2) is 4.47. The van der Waals surface area contributed by atoms with Crippen LogP contribution in [0.2, 0.25) is 15.1 Å². The van der Waals surface area contributed by atoms with E-state index in [9.17, 15) is 0 Å². The maximum Gasteiger partial charge on any atom is 0.156 e. The van der Waals surface area contributed by atoms with Crippen LogP contribution in [-0.2, 0) is 0 Å². The molecule has 0 aliphatic heterocycles. The van der Waals surface area contributed by atoms with Crippen molar-refractivity contribution in [3.63, 3.8) is 0 Å². The normalized spacial score (nSPS) is 11.1. The van der Waals surface area contributed by atoms with Gasteiger partial charge in [0, 0.05) is 11.8 Å². The fraction of sp³-hybridized carbons (Fsp3) is 0. The summed E-state index contributed by atoms with van der Waals surface area (Å²) < 4.78 is 1.89. The van der Waals surface area contributed by atoms with Crippen molar-refractivity contribution in [1.29, 1.82) is 0 Å². The standard InChI is InChI=1S/C13H7Cl3N2/c14-9-4-1-3-8(12(9)16)11-7-17-13-10(15)5-2-6-18(11)13/h1-7H. The third-order valence-electron chi connectivity index (χ3n) is 2.72. The molecule has 0 saturated heterocycles. The van der Waals surface area contributed by atoms with E-state index >= 15 is 0 Å². The van der Waals surface area contributed by atoms with Crippen LogP contribution in [0.3, 0.4) is 0 Å². The molecule has 3 rings (SSSR count). The molecule has 0 bridgehead atoms. The van der Waals surface area contributed by atoms with Gasteiger partial charge in [0.1, 0.15) is 0 Å². The van der Waals surface area contributed by atoms with Crippen molar-refractivity contribution in [3.8, 4) is 11.3 Å². The van der Waals surface area contributed by atoms with E-state index in [1.165, 1.54) is 0 Å². The SMILES string of the molecule is Clc1cccc(-c2cnc3c(Cl)cccn23)c1Cl. The number of rotatable bonds is 1. The Labute approximate surface area is 119 Å². The number of aromatic nitrogens is 2. The van der Waals surface area contributed by atoms with Crippen molar-refractivity contribution in [2.45, 2.75) is 0 Å². The Morgan fingerprint density at radius 1 is 0.944 bits per heavy atom. The van der Waals surface area contributed by atoms with Crippen molar-refractivity contribution in [1.82, 2.24) is 9.38 Å². The molecule has 0 radical (unpaired) electrons. The number of benzene rings is 1. The summed E-state index contributed by atoms with van der Waals surface area (Å²) in [5, 5.41) is 1.63. The molecule has 1 aromatic carbocycles. The quantitative estimate of drug-likeness (QED) is 0.620. The van der Waals surface area contributed by atoms with Gasteiger partial charge in [-0.1, -0.05) is 46.9 Å². The first-order valence-electron chi connectivity index (χ1n) is 5.24. The van der Waals surface area contributed by atoms with E-state index in [0.717, 1.165) is 11.3 Å². The van der Waals surface area contributed by atoms with E-state index < -0.39 is 0 Å². The first kappa shape index (κ1) is 11.8. The van der Waals surface area contributed by atoms with E-state index in [1.807, 2.05) is 28.8 Å². The van der Waals surface area contributed by atoms with Crippen molar-refractivity contribution in [2.24, 2.45) is 0 Å². The number of nitrogens with zero attached hydrogens (tertiary/aromatic N) is 2. The maximum absolute atomic E-state index is 6.22. The fourth-order valence-electron chi connectivity index (χ4n) is 1.88. The van der Waals surface area contributed by atoms with Crippen LogP contribution in [0, 0.1) is 0 Å². The third kappa shape index (κ3) is 1.77. The minimum Gasteiger partial charge on any atom is -0.298 e. The number of pyridine rings is 1. The number of halogens is 3. The van der Waals surface area contributed by atoms with Gasteiger partial charge in [-0.25, -0.2) is 4.98 Å². The van der Waals surface area contributed by atoms with Crippen LogP contribution in [0.25, 0.3) is 16.9 Å². The van der Waals surface area contributed by atoms with Crippen molar-refractivity contribution < 1.29 is 0 Å². The summed E-state index contributed by atoms with van der Waals surface area (Å²) in [6, 6.07) is 9.17. The average molecular weight is 298 g/mol. The minimum atomic E-state index is 0.515. The fourth-order valence-corrected chi connectivity index (χ4v) is 2.49. The summed E-state index contributed by atoms with van der Waals surface area (Å²) in [6.07, 6.45) is 3.62. The van der Waals surface area contributed by atoms with E-state index in [1.54, 1.807) is 18.3 Å². The van der Waals surface area contributed by atoms with Crippen LogP contribution >= 0.6 is 34.8 Å². The molecule has 0 saturated carbocycles. The first-order chi connectivity index (χ1) is 8.68. The third-order valence-corrected chi connectivity index (χ3v) is 3.83. The second-order valence-electron chi connectivity index (χ2n) is 3.79. The van der Waals surface area contributed by atoms with Gasteiger partial charge in [0.25, 0.3) is 0 Å². The molecule has 2 heterocycles. The van der Waals surface area contributed by atoms with Crippen LogP contribution in [0.1, 0.15) is 0 Å². The number of imidazole rings is 1. The van der Waals surface area contributed by atoms with E-state index in [4.69, 9.17) is 34.8 Å². The van der Waals surface area contributed by atoms with Gasteiger partial charge in [-0.05, 0) is 18.2 Å². The highest BCUT2D eigenvalue weighted by atomic mass is 35.5. The zero-order valence-corrected chi connectivity index (χ0v) is 11.3. The van der Waals surface area contributed by atoms with Crippen LogP contribution < -0.4 is 0 Å². The molecule has 0 amide bonds. The molecule has 0 aliphatic rings. The van der Waals surface area contributed by atoms with Gasteiger partial charge in [-0.2, -0.15) is 0 Å². The molecule has 2 nitrogen and oxygen atoms in total.